The summed E-state index contributed by atoms with van der Waals surface area (Å²) in [5, 5.41) is 8.28. The van der Waals surface area contributed by atoms with Gasteiger partial charge in [-0.25, -0.2) is 4.39 Å². The van der Waals surface area contributed by atoms with Crippen LogP contribution in [0.4, 0.5) is 15.8 Å². The Labute approximate surface area is 149 Å². The third-order valence-electron chi connectivity index (χ3n) is 3.22. The summed E-state index contributed by atoms with van der Waals surface area (Å²) in [7, 11) is 0. The van der Waals surface area contributed by atoms with E-state index in [0.717, 1.165) is 0 Å². The second-order valence-electron chi connectivity index (χ2n) is 5.07. The second-order valence-corrected chi connectivity index (χ2v) is 5.51. The van der Waals surface area contributed by atoms with Gasteiger partial charge >= 0.3 is 0 Å². The van der Waals surface area contributed by atoms with Crippen LogP contribution in [0.5, 0.6) is 0 Å². The Kier molecular flexibility index (Phi) is 6.54. The van der Waals surface area contributed by atoms with Crippen LogP contribution in [-0.2, 0) is 4.79 Å². The van der Waals surface area contributed by atoms with E-state index in [9.17, 15) is 14.0 Å². The minimum absolute atomic E-state index is 0.00342. The summed E-state index contributed by atoms with van der Waals surface area (Å²) >= 11 is 5.79. The number of hydrogen-bond donors (Lipinski definition) is 3. The number of benzene rings is 2. The van der Waals surface area contributed by atoms with E-state index in [-0.39, 0.29) is 18.1 Å². The highest BCUT2D eigenvalue weighted by Gasteiger charge is 2.12. The molecular formula is C18H17ClFN3O2. The van der Waals surface area contributed by atoms with Crippen LogP contribution >= 0.6 is 11.6 Å². The summed E-state index contributed by atoms with van der Waals surface area (Å²) in [6.07, 6.45) is 1.57. The zero-order valence-electron chi connectivity index (χ0n) is 13.3. The topological polar surface area (TPSA) is 70.2 Å². The first-order valence-corrected chi connectivity index (χ1v) is 7.86. The van der Waals surface area contributed by atoms with Gasteiger partial charge in [0.15, 0.2) is 0 Å². The van der Waals surface area contributed by atoms with E-state index in [0.29, 0.717) is 22.8 Å². The molecule has 0 unspecified atom stereocenters. The van der Waals surface area contributed by atoms with Crippen LogP contribution in [0.2, 0.25) is 5.02 Å². The fourth-order valence-electron chi connectivity index (χ4n) is 2.06. The number of nitrogens with one attached hydrogen (secondary N) is 3. The van der Waals surface area contributed by atoms with Crippen LogP contribution in [0.15, 0.2) is 55.1 Å². The Hall–Kier alpha value is -2.86. The van der Waals surface area contributed by atoms with Gasteiger partial charge in [0.2, 0.25) is 5.91 Å². The highest BCUT2D eigenvalue weighted by atomic mass is 35.5. The molecular weight excluding hydrogens is 345 g/mol. The van der Waals surface area contributed by atoms with Crippen molar-refractivity contribution in [2.75, 3.05) is 23.7 Å². The predicted octanol–water partition coefficient (Wildman–Crippen LogP) is 3.45. The normalized spacial score (nSPS) is 10.0. The average molecular weight is 362 g/mol. The van der Waals surface area contributed by atoms with Gasteiger partial charge in [-0.15, -0.1) is 6.58 Å². The molecule has 2 aromatic carbocycles. The summed E-state index contributed by atoms with van der Waals surface area (Å²) in [6, 6.07) is 10.7. The van der Waals surface area contributed by atoms with Gasteiger partial charge in [-0.2, -0.15) is 0 Å². The number of anilines is 2. The molecule has 0 fully saturated rings. The lowest BCUT2D eigenvalue weighted by molar-refractivity contribution is -0.114. The van der Waals surface area contributed by atoms with E-state index in [4.69, 9.17) is 11.6 Å². The molecule has 0 spiro atoms. The molecule has 0 atom stereocenters. The molecule has 2 aromatic rings. The van der Waals surface area contributed by atoms with Crippen molar-refractivity contribution in [3.63, 3.8) is 0 Å². The summed E-state index contributed by atoms with van der Waals surface area (Å²) in [6.45, 7) is 3.73. The van der Waals surface area contributed by atoms with Crippen LogP contribution in [-0.4, -0.2) is 24.9 Å². The van der Waals surface area contributed by atoms with Crippen molar-refractivity contribution in [2.45, 2.75) is 0 Å². The fourth-order valence-corrected chi connectivity index (χ4v) is 2.23. The van der Waals surface area contributed by atoms with Gasteiger partial charge in [0, 0.05) is 17.3 Å². The molecule has 3 N–H and O–H groups in total. The Morgan fingerprint density at radius 3 is 2.68 bits per heavy atom. The number of carbonyl (C=O) groups is 2. The number of amides is 2. The van der Waals surface area contributed by atoms with Crippen LogP contribution in [0.1, 0.15) is 10.4 Å². The number of halogens is 2. The van der Waals surface area contributed by atoms with Crippen molar-refractivity contribution in [3.05, 3.63) is 71.5 Å². The van der Waals surface area contributed by atoms with E-state index in [2.05, 4.69) is 22.5 Å². The van der Waals surface area contributed by atoms with Gasteiger partial charge in [0.1, 0.15) is 5.82 Å². The first-order valence-electron chi connectivity index (χ1n) is 7.48. The number of rotatable bonds is 7. The van der Waals surface area contributed by atoms with Gasteiger partial charge in [0.25, 0.3) is 5.91 Å². The van der Waals surface area contributed by atoms with Gasteiger partial charge < -0.3 is 16.0 Å². The quantitative estimate of drug-likeness (QED) is 0.661. The maximum absolute atomic E-state index is 13.6. The van der Waals surface area contributed by atoms with Crippen LogP contribution in [0, 0.1) is 5.82 Å². The van der Waals surface area contributed by atoms with Crippen molar-refractivity contribution in [1.29, 1.82) is 0 Å². The van der Waals surface area contributed by atoms with Crippen molar-refractivity contribution < 1.29 is 14.0 Å². The molecule has 0 aromatic heterocycles. The molecule has 0 aliphatic heterocycles. The molecule has 7 heteroatoms. The van der Waals surface area contributed by atoms with Gasteiger partial charge in [-0.05, 0) is 30.3 Å². The van der Waals surface area contributed by atoms with E-state index >= 15 is 0 Å². The Balaban J connectivity index is 2.01. The third kappa shape index (κ3) is 5.32. The Morgan fingerprint density at radius 1 is 1.16 bits per heavy atom. The number of para-hydroxylation sites is 1. The minimum Gasteiger partial charge on any atom is -0.376 e. The monoisotopic (exact) mass is 361 g/mol. The van der Waals surface area contributed by atoms with E-state index < -0.39 is 11.7 Å². The average Bonchev–Trinajstić information content (AvgIpc) is 2.61. The van der Waals surface area contributed by atoms with Gasteiger partial charge in [-0.3, -0.25) is 9.59 Å². The maximum Gasteiger partial charge on any atom is 0.253 e. The summed E-state index contributed by atoms with van der Waals surface area (Å²) < 4.78 is 13.6. The smallest absolute Gasteiger partial charge is 0.253 e. The molecule has 25 heavy (non-hydrogen) atoms. The third-order valence-corrected chi connectivity index (χ3v) is 3.46. The van der Waals surface area contributed by atoms with Crippen LogP contribution in [0.25, 0.3) is 0 Å². The summed E-state index contributed by atoms with van der Waals surface area (Å²) in [4.78, 5) is 24.1. The molecule has 0 heterocycles. The molecule has 130 valence electrons. The van der Waals surface area contributed by atoms with Crippen molar-refractivity contribution >= 4 is 34.8 Å². The Bertz CT molecular complexity index is 796. The number of hydrogen-bond acceptors (Lipinski definition) is 3. The van der Waals surface area contributed by atoms with Crippen LogP contribution in [0.3, 0.4) is 0 Å². The zero-order valence-corrected chi connectivity index (χ0v) is 14.1. The van der Waals surface area contributed by atoms with Crippen molar-refractivity contribution in [1.82, 2.24) is 5.32 Å². The first-order chi connectivity index (χ1) is 12.0. The van der Waals surface area contributed by atoms with Crippen molar-refractivity contribution in [3.8, 4) is 0 Å². The fraction of sp³-hybridized carbons (Fsp3) is 0.111. The van der Waals surface area contributed by atoms with Crippen molar-refractivity contribution in [2.24, 2.45) is 0 Å². The molecule has 2 rings (SSSR count). The summed E-state index contributed by atoms with van der Waals surface area (Å²) in [5.41, 5.74) is 0.883. The lowest BCUT2D eigenvalue weighted by atomic mass is 10.1. The predicted molar refractivity (Wildman–Crippen MR) is 97.5 cm³/mol. The lowest BCUT2D eigenvalue weighted by Gasteiger charge is -2.12. The molecule has 0 radical (unpaired) electrons. The molecule has 0 aliphatic rings. The van der Waals surface area contributed by atoms with Gasteiger partial charge in [0.05, 0.1) is 17.8 Å². The highest BCUT2D eigenvalue weighted by Crippen LogP contribution is 2.19. The largest absolute Gasteiger partial charge is 0.376 e. The van der Waals surface area contributed by atoms with Crippen LogP contribution < -0.4 is 16.0 Å². The van der Waals surface area contributed by atoms with Gasteiger partial charge in [-0.1, -0.05) is 29.8 Å². The SMILES string of the molecule is C=CCNC(=O)c1ccccc1NCC(=O)Nc1cc(Cl)ccc1F. The number of carbonyl (C=O) groups excluding carboxylic acids is 2. The highest BCUT2D eigenvalue weighted by molar-refractivity contribution is 6.30. The molecule has 0 aliphatic carbocycles. The van der Waals surface area contributed by atoms with E-state index in [1.165, 1.54) is 18.2 Å². The maximum atomic E-state index is 13.6. The minimum atomic E-state index is -0.582. The molecule has 0 bridgehead atoms. The summed E-state index contributed by atoms with van der Waals surface area (Å²) in [5.74, 6) is -1.34. The van der Waals surface area contributed by atoms with E-state index in [1.807, 2.05) is 0 Å². The molecule has 0 saturated heterocycles. The molecule has 5 nitrogen and oxygen atoms in total. The standard InChI is InChI=1S/C18H17ClFN3O2/c1-2-9-21-18(25)13-5-3-4-6-15(13)22-11-17(24)23-16-10-12(19)7-8-14(16)20/h2-8,10,22H,1,9,11H2,(H,21,25)(H,23,24). The zero-order chi connectivity index (χ0) is 18.2. The lowest BCUT2D eigenvalue weighted by Crippen LogP contribution is -2.26. The second kappa shape index (κ2) is 8.84. The molecule has 2 amide bonds. The first kappa shape index (κ1) is 18.5. The van der Waals surface area contributed by atoms with E-state index in [1.54, 1.807) is 30.3 Å². The Morgan fingerprint density at radius 2 is 1.92 bits per heavy atom. The molecule has 0 saturated carbocycles.